The van der Waals surface area contributed by atoms with E-state index < -0.39 is 16.3 Å². The molecular formula is C23H25ClN6O2S. The molecule has 2 aliphatic carbocycles. The van der Waals surface area contributed by atoms with Gasteiger partial charge in [0.15, 0.2) is 0 Å². The van der Waals surface area contributed by atoms with Gasteiger partial charge in [0.2, 0.25) is 0 Å². The number of piperidine rings is 1. The molecule has 0 radical (unpaired) electrons. The Morgan fingerprint density at radius 2 is 2.12 bits per heavy atom. The number of aryl methyl sites for hydroxylation is 1. The van der Waals surface area contributed by atoms with Crippen LogP contribution in [0.25, 0.3) is 0 Å². The van der Waals surface area contributed by atoms with E-state index in [1.807, 2.05) is 0 Å². The van der Waals surface area contributed by atoms with Gasteiger partial charge in [-0.05, 0) is 38.0 Å². The van der Waals surface area contributed by atoms with Crippen LogP contribution in [0.2, 0.25) is 5.02 Å². The first kappa shape index (κ1) is 21.3. The fourth-order valence-corrected chi connectivity index (χ4v) is 7.45. The summed E-state index contributed by atoms with van der Waals surface area (Å²) in [6.45, 7) is 0.781. The number of nitriles is 1. The van der Waals surface area contributed by atoms with Crippen molar-refractivity contribution in [3.63, 3.8) is 0 Å². The highest BCUT2D eigenvalue weighted by molar-refractivity contribution is 7.85. The third-order valence-electron chi connectivity index (χ3n) is 7.86. The number of rotatable bonds is 5. The highest BCUT2D eigenvalue weighted by Crippen LogP contribution is 2.50. The van der Waals surface area contributed by atoms with Crippen LogP contribution in [0.1, 0.15) is 55.1 Å². The minimum atomic E-state index is -1.18. The van der Waals surface area contributed by atoms with Crippen molar-refractivity contribution in [2.75, 3.05) is 29.1 Å². The molecule has 2 aromatic heterocycles. The van der Waals surface area contributed by atoms with E-state index in [2.05, 4.69) is 26.3 Å². The largest absolute Gasteiger partial charge is 0.394 e. The summed E-state index contributed by atoms with van der Waals surface area (Å²) in [5.74, 6) is 2.72. The molecule has 10 heteroatoms. The maximum Gasteiger partial charge on any atom is 0.149 e. The zero-order valence-electron chi connectivity index (χ0n) is 18.1. The molecule has 2 N–H and O–H groups in total. The summed E-state index contributed by atoms with van der Waals surface area (Å²) in [5.41, 5.74) is 1.46. The summed E-state index contributed by atoms with van der Waals surface area (Å²) in [7, 11) is -1.18. The Labute approximate surface area is 199 Å². The zero-order valence-corrected chi connectivity index (χ0v) is 19.7. The van der Waals surface area contributed by atoms with Crippen LogP contribution < -0.4 is 10.2 Å². The molecule has 172 valence electrons. The van der Waals surface area contributed by atoms with Crippen LogP contribution in [0.15, 0.2) is 17.3 Å². The van der Waals surface area contributed by atoms with Crippen LogP contribution >= 0.6 is 11.6 Å². The van der Waals surface area contributed by atoms with Gasteiger partial charge in [0, 0.05) is 43.1 Å². The molecule has 0 spiro atoms. The monoisotopic (exact) mass is 484 g/mol. The van der Waals surface area contributed by atoms with Crippen LogP contribution in [0, 0.1) is 17.2 Å². The van der Waals surface area contributed by atoms with Crippen molar-refractivity contribution in [1.82, 2.24) is 15.0 Å². The van der Waals surface area contributed by atoms with Crippen LogP contribution in [0.4, 0.5) is 11.5 Å². The predicted octanol–water partition coefficient (Wildman–Crippen LogP) is 2.77. The summed E-state index contributed by atoms with van der Waals surface area (Å²) in [4.78, 5) is 16.7. The lowest BCUT2D eigenvalue weighted by atomic mass is 9.77. The number of hydrogen-bond donors (Lipinski definition) is 2. The minimum Gasteiger partial charge on any atom is -0.394 e. The Morgan fingerprint density at radius 3 is 2.73 bits per heavy atom. The van der Waals surface area contributed by atoms with E-state index in [1.54, 1.807) is 12.4 Å². The van der Waals surface area contributed by atoms with Crippen LogP contribution in [0.5, 0.6) is 0 Å². The van der Waals surface area contributed by atoms with Gasteiger partial charge in [0.05, 0.1) is 44.2 Å². The number of anilines is 2. The molecule has 3 fully saturated rings. The van der Waals surface area contributed by atoms with Gasteiger partial charge >= 0.3 is 0 Å². The first-order valence-corrected chi connectivity index (χ1v) is 13.2. The minimum absolute atomic E-state index is 0.00583. The third-order valence-corrected chi connectivity index (χ3v) is 9.52. The molecule has 3 unspecified atom stereocenters. The molecule has 4 atom stereocenters. The average molecular weight is 485 g/mol. The predicted molar refractivity (Wildman–Crippen MR) is 125 cm³/mol. The molecule has 2 aliphatic heterocycles. The molecule has 4 heterocycles. The maximum atomic E-state index is 12.8. The summed E-state index contributed by atoms with van der Waals surface area (Å²) >= 11 is 5.96. The number of aromatic nitrogens is 3. The number of fused-ring (bicyclic) bond motifs is 3. The molecule has 4 aliphatic rings. The van der Waals surface area contributed by atoms with Crippen molar-refractivity contribution in [2.45, 2.75) is 60.9 Å². The molecule has 1 saturated heterocycles. The number of nitrogens with zero attached hydrogens (tertiary/aromatic N) is 5. The van der Waals surface area contributed by atoms with Gasteiger partial charge in [-0.2, -0.15) is 5.26 Å². The topological polar surface area (TPSA) is 115 Å². The Bertz CT molecular complexity index is 1170. The molecule has 8 nitrogen and oxygen atoms in total. The fourth-order valence-electron chi connectivity index (χ4n) is 5.98. The first-order chi connectivity index (χ1) is 16.0. The second kappa shape index (κ2) is 7.90. The van der Waals surface area contributed by atoms with Crippen molar-refractivity contribution in [3.05, 3.63) is 34.5 Å². The molecule has 2 saturated carbocycles. The fraction of sp³-hybridized carbons (Fsp3) is 0.565. The number of aliphatic hydroxyl groups is 1. The summed E-state index contributed by atoms with van der Waals surface area (Å²) in [6, 6.07) is 2.63. The van der Waals surface area contributed by atoms with Gasteiger partial charge in [-0.1, -0.05) is 11.6 Å². The van der Waals surface area contributed by atoms with Crippen LogP contribution in [-0.2, 0) is 17.2 Å². The highest BCUT2D eigenvalue weighted by Gasteiger charge is 2.48. The third kappa shape index (κ3) is 3.34. The van der Waals surface area contributed by atoms with Crippen molar-refractivity contribution < 1.29 is 9.32 Å². The zero-order chi connectivity index (χ0) is 22.7. The van der Waals surface area contributed by atoms with E-state index >= 15 is 0 Å². The molecule has 0 amide bonds. The Morgan fingerprint density at radius 1 is 1.33 bits per heavy atom. The lowest BCUT2D eigenvalue weighted by molar-refractivity contribution is 0.144. The molecule has 0 aromatic carbocycles. The van der Waals surface area contributed by atoms with Crippen molar-refractivity contribution >= 4 is 33.9 Å². The molecule has 33 heavy (non-hydrogen) atoms. The average Bonchev–Trinajstić information content (AvgIpc) is 3.50. The normalized spacial score (nSPS) is 28.9. The number of hydrogen-bond acceptors (Lipinski definition) is 8. The van der Waals surface area contributed by atoms with E-state index in [1.165, 1.54) is 0 Å². The quantitative estimate of drug-likeness (QED) is 0.665. The number of nitrogens with one attached hydrogen (secondary N) is 1. The standard InChI is InChI=1S/C23H25ClN6O2S/c24-14-9-26-21(27-10-14)16-7-15-6-13(16)11-30(15)22-17(8-25)19(29-23(12-31)3-1-4-23)20-18(28-22)2-5-33(20)32/h9-10,13,15-16,31H,1-7,11-12H2,(H,28,29)/t13?,15?,16?,33-/m0/s1. The van der Waals surface area contributed by atoms with Gasteiger partial charge < -0.3 is 15.3 Å². The van der Waals surface area contributed by atoms with Crippen molar-refractivity contribution in [3.8, 4) is 6.07 Å². The highest BCUT2D eigenvalue weighted by atomic mass is 35.5. The SMILES string of the molecule is N#Cc1c(N2CC3CC2CC3c2ncc(Cl)cn2)nc2c(c1NC1(CO)CCC1)[S@@](=O)CC2. The smallest absolute Gasteiger partial charge is 0.149 e. The van der Waals surface area contributed by atoms with E-state index in [9.17, 15) is 14.6 Å². The maximum absolute atomic E-state index is 12.8. The Kier molecular flexibility index (Phi) is 5.09. The van der Waals surface area contributed by atoms with Gasteiger partial charge in [-0.25, -0.2) is 15.0 Å². The number of aliphatic hydroxyl groups excluding tert-OH is 1. The van der Waals surface area contributed by atoms with Crippen molar-refractivity contribution in [1.29, 1.82) is 5.26 Å². The number of pyridine rings is 1. The summed E-state index contributed by atoms with van der Waals surface area (Å²) in [5, 5.41) is 24.3. The Hall–Kier alpha value is -2.28. The molecule has 2 aromatic rings. The van der Waals surface area contributed by atoms with E-state index in [0.29, 0.717) is 45.1 Å². The van der Waals surface area contributed by atoms with E-state index in [4.69, 9.17) is 16.6 Å². The van der Waals surface area contributed by atoms with Crippen LogP contribution in [-0.4, -0.2) is 54.8 Å². The van der Waals surface area contributed by atoms with Gasteiger partial charge in [-0.15, -0.1) is 0 Å². The second-order valence-electron chi connectivity index (χ2n) is 9.69. The number of halogens is 1. The van der Waals surface area contributed by atoms with Crippen LogP contribution in [0.3, 0.4) is 0 Å². The summed E-state index contributed by atoms with van der Waals surface area (Å²) in [6.07, 6.45) is 8.57. The van der Waals surface area contributed by atoms with E-state index in [0.717, 1.165) is 50.2 Å². The lowest BCUT2D eigenvalue weighted by Gasteiger charge is -2.42. The summed E-state index contributed by atoms with van der Waals surface area (Å²) < 4.78 is 12.8. The second-order valence-corrected chi connectivity index (χ2v) is 11.6. The van der Waals surface area contributed by atoms with Gasteiger partial charge in [0.1, 0.15) is 23.3 Å². The Balaban J connectivity index is 1.36. The first-order valence-electron chi connectivity index (χ1n) is 11.5. The van der Waals surface area contributed by atoms with Crippen molar-refractivity contribution in [2.24, 2.45) is 5.92 Å². The molecular weight excluding hydrogens is 460 g/mol. The molecule has 2 bridgehead atoms. The molecule has 6 rings (SSSR count). The van der Waals surface area contributed by atoms with E-state index in [-0.39, 0.29) is 18.6 Å². The lowest BCUT2D eigenvalue weighted by Crippen LogP contribution is -2.48. The van der Waals surface area contributed by atoms with Gasteiger partial charge in [0.25, 0.3) is 0 Å². The van der Waals surface area contributed by atoms with Gasteiger partial charge in [-0.3, -0.25) is 4.21 Å².